The lowest BCUT2D eigenvalue weighted by molar-refractivity contribution is -0.142. The summed E-state index contributed by atoms with van der Waals surface area (Å²) in [5, 5.41) is 9.41. The Morgan fingerprint density at radius 2 is 1.54 bits per heavy atom. The van der Waals surface area contributed by atoms with Crippen molar-refractivity contribution in [2.45, 2.75) is 37.0 Å². The van der Waals surface area contributed by atoms with Gasteiger partial charge in [-0.3, -0.25) is 9.59 Å². The third kappa shape index (κ3) is 10.4. The van der Waals surface area contributed by atoms with E-state index in [1.54, 1.807) is 19.1 Å². The SMILES string of the molecule is CCOC(=O)Cc1ccc(CCS(=O)(=O)c2ccc(Cl)cc2)cc1.NCCC(C(=O)O)c1ccccc1. The van der Waals surface area contributed by atoms with Gasteiger partial charge in [0.1, 0.15) is 0 Å². The number of halogens is 1. The van der Waals surface area contributed by atoms with Gasteiger partial charge in [0, 0.05) is 5.02 Å². The van der Waals surface area contributed by atoms with Gasteiger partial charge < -0.3 is 15.6 Å². The maximum atomic E-state index is 12.3. The molecule has 0 fully saturated rings. The first-order valence-electron chi connectivity index (χ1n) is 11.9. The smallest absolute Gasteiger partial charge is 0.311 e. The van der Waals surface area contributed by atoms with E-state index in [2.05, 4.69) is 0 Å². The lowest BCUT2D eigenvalue weighted by Gasteiger charge is -2.10. The predicted octanol–water partition coefficient (Wildman–Crippen LogP) is 4.67. The summed E-state index contributed by atoms with van der Waals surface area (Å²) in [6.07, 6.45) is 1.11. The summed E-state index contributed by atoms with van der Waals surface area (Å²) in [5.74, 6) is -1.52. The zero-order valence-corrected chi connectivity index (χ0v) is 22.2. The number of carbonyl (C=O) groups is 2. The van der Waals surface area contributed by atoms with Crippen LogP contribution in [0.25, 0.3) is 0 Å². The molecule has 0 saturated carbocycles. The van der Waals surface area contributed by atoms with Crippen molar-refractivity contribution in [2.75, 3.05) is 18.9 Å². The van der Waals surface area contributed by atoms with Crippen LogP contribution in [0.15, 0.2) is 83.8 Å². The molecule has 3 aromatic rings. The number of ether oxygens (including phenoxy) is 1. The number of esters is 1. The van der Waals surface area contributed by atoms with E-state index in [-0.39, 0.29) is 23.0 Å². The molecule has 3 rings (SSSR count). The number of hydrogen-bond acceptors (Lipinski definition) is 6. The number of aliphatic carboxylic acids is 1. The molecule has 0 aromatic heterocycles. The highest BCUT2D eigenvalue weighted by atomic mass is 35.5. The Balaban J connectivity index is 0.000000312. The van der Waals surface area contributed by atoms with E-state index in [0.717, 1.165) is 16.7 Å². The van der Waals surface area contributed by atoms with Crippen LogP contribution in [0.4, 0.5) is 0 Å². The van der Waals surface area contributed by atoms with E-state index in [1.807, 2.05) is 54.6 Å². The van der Waals surface area contributed by atoms with E-state index in [4.69, 9.17) is 27.2 Å². The van der Waals surface area contributed by atoms with Gasteiger partial charge in [-0.1, -0.05) is 66.2 Å². The predicted molar refractivity (Wildman–Crippen MR) is 144 cm³/mol. The molecule has 0 heterocycles. The van der Waals surface area contributed by atoms with Crippen LogP contribution in [0.5, 0.6) is 0 Å². The highest BCUT2D eigenvalue weighted by Gasteiger charge is 2.18. The summed E-state index contributed by atoms with van der Waals surface area (Å²) >= 11 is 5.78. The molecule has 37 heavy (non-hydrogen) atoms. The molecule has 9 heteroatoms. The fourth-order valence-electron chi connectivity index (χ4n) is 3.50. The van der Waals surface area contributed by atoms with Gasteiger partial charge in [-0.2, -0.15) is 0 Å². The average molecular weight is 546 g/mol. The van der Waals surface area contributed by atoms with Gasteiger partial charge in [-0.25, -0.2) is 8.42 Å². The van der Waals surface area contributed by atoms with Gasteiger partial charge in [0.25, 0.3) is 0 Å². The molecule has 198 valence electrons. The molecule has 0 aliphatic carbocycles. The summed E-state index contributed by atoms with van der Waals surface area (Å²) < 4.78 is 29.5. The minimum absolute atomic E-state index is 0.0197. The van der Waals surface area contributed by atoms with Crippen molar-refractivity contribution in [2.24, 2.45) is 5.73 Å². The van der Waals surface area contributed by atoms with E-state index in [0.29, 0.717) is 31.0 Å². The zero-order chi connectivity index (χ0) is 27.3. The second-order valence-electron chi connectivity index (χ2n) is 8.20. The summed E-state index contributed by atoms with van der Waals surface area (Å²) in [5.41, 5.74) is 7.91. The second kappa shape index (κ2) is 15.1. The maximum Gasteiger partial charge on any atom is 0.311 e. The second-order valence-corrected chi connectivity index (χ2v) is 10.7. The summed E-state index contributed by atoms with van der Waals surface area (Å²) in [4.78, 5) is 22.5. The first-order valence-corrected chi connectivity index (χ1v) is 13.9. The van der Waals surface area contributed by atoms with Crippen molar-refractivity contribution in [1.29, 1.82) is 0 Å². The van der Waals surface area contributed by atoms with Crippen molar-refractivity contribution in [3.05, 3.63) is 101 Å². The van der Waals surface area contributed by atoms with Crippen molar-refractivity contribution < 1.29 is 27.9 Å². The van der Waals surface area contributed by atoms with Gasteiger partial charge in [-0.05, 0) is 67.3 Å². The molecule has 7 nitrogen and oxygen atoms in total. The van der Waals surface area contributed by atoms with Gasteiger partial charge >= 0.3 is 11.9 Å². The van der Waals surface area contributed by atoms with Crippen LogP contribution in [0.2, 0.25) is 5.02 Å². The van der Waals surface area contributed by atoms with Crippen LogP contribution in [0.3, 0.4) is 0 Å². The van der Waals surface area contributed by atoms with E-state index in [1.165, 1.54) is 12.1 Å². The Bertz CT molecular complexity index is 1230. The Morgan fingerprint density at radius 1 is 0.946 bits per heavy atom. The minimum Gasteiger partial charge on any atom is -0.481 e. The average Bonchev–Trinajstić information content (AvgIpc) is 2.88. The molecular formula is C28H32ClNO6S. The molecule has 0 aliphatic rings. The molecule has 0 amide bonds. The van der Waals surface area contributed by atoms with E-state index in [9.17, 15) is 18.0 Å². The number of sulfone groups is 1. The Kier molecular flexibility index (Phi) is 12.3. The number of nitrogens with two attached hydrogens (primary N) is 1. The first kappa shape index (κ1) is 30.0. The van der Waals surface area contributed by atoms with Crippen LogP contribution < -0.4 is 5.73 Å². The summed E-state index contributed by atoms with van der Waals surface area (Å²) in [6, 6.07) is 22.6. The summed E-state index contributed by atoms with van der Waals surface area (Å²) in [6.45, 7) is 2.52. The van der Waals surface area contributed by atoms with Crippen LogP contribution in [-0.2, 0) is 37.0 Å². The van der Waals surface area contributed by atoms with E-state index < -0.39 is 21.7 Å². The number of carboxylic acid groups (broad SMARTS) is 1. The molecule has 0 aliphatic heterocycles. The van der Waals surface area contributed by atoms with Crippen LogP contribution >= 0.6 is 11.6 Å². The topological polar surface area (TPSA) is 124 Å². The van der Waals surface area contributed by atoms with Crippen LogP contribution in [0.1, 0.15) is 36.0 Å². The molecule has 0 saturated heterocycles. The van der Waals surface area contributed by atoms with Crippen molar-refractivity contribution >= 4 is 33.4 Å². The van der Waals surface area contributed by atoms with Gasteiger partial charge in [0.05, 0.1) is 29.6 Å². The minimum atomic E-state index is -3.34. The van der Waals surface area contributed by atoms with Gasteiger partial charge in [-0.15, -0.1) is 0 Å². The van der Waals surface area contributed by atoms with Crippen molar-refractivity contribution in [1.82, 2.24) is 0 Å². The molecule has 0 bridgehead atoms. The number of hydrogen-bond donors (Lipinski definition) is 2. The van der Waals surface area contributed by atoms with Gasteiger partial charge in [0.2, 0.25) is 0 Å². The fraction of sp³-hybridized carbons (Fsp3) is 0.286. The molecule has 1 unspecified atom stereocenters. The number of carbonyl (C=O) groups excluding carboxylic acids is 1. The third-order valence-corrected chi connectivity index (χ3v) is 7.45. The largest absolute Gasteiger partial charge is 0.481 e. The quantitative estimate of drug-likeness (QED) is 0.336. The highest BCUT2D eigenvalue weighted by Crippen LogP contribution is 2.19. The lowest BCUT2D eigenvalue weighted by Crippen LogP contribution is -2.15. The fourth-order valence-corrected chi connectivity index (χ4v) is 4.92. The third-order valence-electron chi connectivity index (χ3n) is 5.46. The monoisotopic (exact) mass is 545 g/mol. The number of rotatable bonds is 11. The highest BCUT2D eigenvalue weighted by molar-refractivity contribution is 7.91. The van der Waals surface area contributed by atoms with Gasteiger partial charge in [0.15, 0.2) is 9.84 Å². The molecule has 3 N–H and O–H groups in total. The van der Waals surface area contributed by atoms with Crippen molar-refractivity contribution in [3.8, 4) is 0 Å². The molecule has 0 spiro atoms. The number of aryl methyl sites for hydroxylation is 1. The number of carboxylic acids is 1. The normalized spacial score (nSPS) is 11.6. The molecule has 1 atom stereocenters. The summed E-state index contributed by atoms with van der Waals surface area (Å²) in [7, 11) is -3.34. The van der Waals surface area contributed by atoms with Crippen molar-refractivity contribution in [3.63, 3.8) is 0 Å². The first-order chi connectivity index (χ1) is 17.7. The number of benzene rings is 3. The molecule has 0 radical (unpaired) electrons. The Hall–Kier alpha value is -3.20. The Morgan fingerprint density at radius 3 is 2.08 bits per heavy atom. The molecular weight excluding hydrogens is 514 g/mol. The molecule has 3 aromatic carbocycles. The van der Waals surface area contributed by atoms with Crippen LogP contribution in [0, 0.1) is 0 Å². The zero-order valence-electron chi connectivity index (χ0n) is 20.7. The Labute approximate surface area is 223 Å². The standard InChI is InChI=1S/C18H19ClO4S.C10H13NO2/c1-2-23-18(20)13-15-5-3-14(4-6-15)11-12-24(21,22)17-9-7-16(19)8-10-17;11-7-6-9(10(12)13)8-4-2-1-3-5-8/h3-10H,2,11-13H2,1H3;1-5,9H,6-7,11H2,(H,12,13). The van der Waals surface area contributed by atoms with Crippen LogP contribution in [-0.4, -0.2) is 44.4 Å². The van der Waals surface area contributed by atoms with E-state index >= 15 is 0 Å². The maximum absolute atomic E-state index is 12.3. The lowest BCUT2D eigenvalue weighted by atomic mass is 9.96.